The van der Waals surface area contributed by atoms with Gasteiger partial charge in [0.1, 0.15) is 5.76 Å². The molecule has 0 spiro atoms. The summed E-state index contributed by atoms with van der Waals surface area (Å²) >= 11 is 3.68. The molecule has 0 radical (unpaired) electrons. The molecule has 2 nitrogen and oxygen atoms in total. The van der Waals surface area contributed by atoms with Crippen molar-refractivity contribution in [3.8, 4) is 0 Å². The maximum Gasteiger partial charge on any atom is 0.128 e. The second-order valence-electron chi connectivity index (χ2n) is 6.43. The lowest BCUT2D eigenvalue weighted by atomic mass is 9.86. The zero-order valence-electron chi connectivity index (χ0n) is 14.9. The fourth-order valence-corrected chi connectivity index (χ4v) is 4.30. The van der Waals surface area contributed by atoms with E-state index in [0.29, 0.717) is 0 Å². The number of benzene rings is 2. The first kappa shape index (κ1) is 20.0. The Labute approximate surface area is 164 Å². The number of hydrogen-bond acceptors (Lipinski definition) is 2. The van der Waals surface area contributed by atoms with Crippen molar-refractivity contribution in [2.24, 2.45) is 0 Å². The topological polar surface area (TPSA) is 21.3 Å². The van der Waals surface area contributed by atoms with Crippen molar-refractivity contribution < 1.29 is 4.74 Å². The van der Waals surface area contributed by atoms with E-state index in [0.717, 1.165) is 23.1 Å². The molecule has 3 rings (SSSR count). The van der Waals surface area contributed by atoms with E-state index in [9.17, 15) is 0 Å². The van der Waals surface area contributed by atoms with Crippen molar-refractivity contribution in [3.63, 3.8) is 0 Å². The van der Waals surface area contributed by atoms with Crippen LogP contribution < -0.4 is 5.32 Å². The molecule has 134 valence electrons. The van der Waals surface area contributed by atoms with Crippen molar-refractivity contribution in [2.45, 2.75) is 38.3 Å². The van der Waals surface area contributed by atoms with Crippen LogP contribution in [0.4, 0.5) is 0 Å². The van der Waals surface area contributed by atoms with Crippen molar-refractivity contribution >= 4 is 39.1 Å². The molecule has 1 N–H and O–H groups in total. The maximum absolute atomic E-state index is 5.41. The fraction of sp³-hybridized carbons (Fsp3) is 0.333. The van der Waals surface area contributed by atoms with Crippen molar-refractivity contribution in [3.05, 3.63) is 70.4 Å². The highest BCUT2D eigenvalue weighted by molar-refractivity contribution is 9.11. The standard InChI is InChI=1S/C21H24BrNO.ClH/c1-4-21(13-12-20(24-3)19(22)14-21)23-15(2)17-11-7-9-16-8-5-6-10-18(16)17;/h5-13,15,23H,4,14H2,1-3H3;1H/t15-,21+;/m1./s1. The van der Waals surface area contributed by atoms with E-state index >= 15 is 0 Å². The van der Waals surface area contributed by atoms with E-state index in [4.69, 9.17) is 4.74 Å². The fourth-order valence-electron chi connectivity index (χ4n) is 3.51. The average molecular weight is 423 g/mol. The summed E-state index contributed by atoms with van der Waals surface area (Å²) < 4.78 is 6.52. The van der Waals surface area contributed by atoms with Gasteiger partial charge >= 0.3 is 0 Å². The van der Waals surface area contributed by atoms with Crippen molar-refractivity contribution in [1.29, 1.82) is 0 Å². The van der Waals surface area contributed by atoms with Gasteiger partial charge in [0.15, 0.2) is 0 Å². The lowest BCUT2D eigenvalue weighted by Gasteiger charge is -2.37. The molecule has 0 aromatic heterocycles. The van der Waals surface area contributed by atoms with Crippen LogP contribution in [-0.2, 0) is 4.74 Å². The Morgan fingerprint density at radius 2 is 1.92 bits per heavy atom. The minimum absolute atomic E-state index is 0. The summed E-state index contributed by atoms with van der Waals surface area (Å²) in [5, 5.41) is 6.46. The van der Waals surface area contributed by atoms with Gasteiger partial charge in [0, 0.05) is 22.5 Å². The Bertz CT molecular complexity index is 796. The predicted molar refractivity (Wildman–Crippen MR) is 112 cm³/mol. The Balaban J connectivity index is 0.00000225. The zero-order chi connectivity index (χ0) is 17.2. The quantitative estimate of drug-likeness (QED) is 0.612. The van der Waals surface area contributed by atoms with E-state index in [2.05, 4.69) is 89.7 Å². The Morgan fingerprint density at radius 3 is 2.60 bits per heavy atom. The van der Waals surface area contributed by atoms with Gasteiger partial charge in [0.2, 0.25) is 0 Å². The average Bonchev–Trinajstić information content (AvgIpc) is 2.61. The second kappa shape index (κ2) is 8.39. The van der Waals surface area contributed by atoms with E-state index < -0.39 is 0 Å². The van der Waals surface area contributed by atoms with Gasteiger partial charge in [0.05, 0.1) is 7.11 Å². The predicted octanol–water partition coefficient (Wildman–Crippen LogP) is 6.27. The third kappa shape index (κ3) is 4.11. The summed E-state index contributed by atoms with van der Waals surface area (Å²) in [6.45, 7) is 4.47. The molecule has 0 amide bonds. The van der Waals surface area contributed by atoms with Crippen LogP contribution in [0, 0.1) is 0 Å². The molecular formula is C21H25BrClNO. The van der Waals surface area contributed by atoms with Crippen LogP contribution in [-0.4, -0.2) is 12.6 Å². The molecule has 0 bridgehead atoms. The first-order chi connectivity index (χ1) is 11.6. The number of nitrogens with one attached hydrogen (secondary N) is 1. The largest absolute Gasteiger partial charge is 0.496 e. The van der Waals surface area contributed by atoms with Crippen LogP contribution in [0.5, 0.6) is 0 Å². The first-order valence-corrected chi connectivity index (χ1v) is 9.25. The normalized spacial score (nSPS) is 21.1. The molecule has 0 saturated carbocycles. The van der Waals surface area contributed by atoms with Gasteiger partial charge in [-0.15, -0.1) is 12.4 Å². The summed E-state index contributed by atoms with van der Waals surface area (Å²) in [5.41, 5.74) is 1.28. The maximum atomic E-state index is 5.41. The summed E-state index contributed by atoms with van der Waals surface area (Å²) in [7, 11) is 1.71. The summed E-state index contributed by atoms with van der Waals surface area (Å²) in [6.07, 6.45) is 6.24. The van der Waals surface area contributed by atoms with Crippen LogP contribution in [0.25, 0.3) is 10.8 Å². The highest BCUT2D eigenvalue weighted by Gasteiger charge is 2.31. The Morgan fingerprint density at radius 1 is 1.20 bits per heavy atom. The molecular weight excluding hydrogens is 398 g/mol. The number of hydrogen-bond donors (Lipinski definition) is 1. The number of methoxy groups -OCH3 is 1. The Kier molecular flexibility index (Phi) is 6.72. The number of halogens is 2. The van der Waals surface area contributed by atoms with Crippen LogP contribution in [0.15, 0.2) is 64.9 Å². The van der Waals surface area contributed by atoms with E-state index in [-0.39, 0.29) is 24.0 Å². The number of fused-ring (bicyclic) bond motifs is 1. The van der Waals surface area contributed by atoms with Crippen LogP contribution in [0.3, 0.4) is 0 Å². The minimum Gasteiger partial charge on any atom is -0.496 e. The highest BCUT2D eigenvalue weighted by Crippen LogP contribution is 2.36. The molecule has 2 aromatic carbocycles. The molecule has 0 unspecified atom stereocenters. The molecule has 25 heavy (non-hydrogen) atoms. The molecule has 4 heteroatoms. The molecule has 1 aliphatic rings. The van der Waals surface area contributed by atoms with Crippen molar-refractivity contribution in [2.75, 3.05) is 7.11 Å². The third-order valence-corrected chi connectivity index (χ3v) is 5.61. The summed E-state index contributed by atoms with van der Waals surface area (Å²) in [5.74, 6) is 0.915. The van der Waals surface area contributed by atoms with Crippen LogP contribution >= 0.6 is 28.3 Å². The van der Waals surface area contributed by atoms with Gasteiger partial charge in [-0.2, -0.15) is 0 Å². The number of ether oxygens (including phenoxy) is 1. The van der Waals surface area contributed by atoms with E-state index in [1.807, 2.05) is 0 Å². The first-order valence-electron chi connectivity index (χ1n) is 8.46. The van der Waals surface area contributed by atoms with Crippen molar-refractivity contribution in [1.82, 2.24) is 5.32 Å². The Hall–Kier alpha value is -1.29. The van der Waals surface area contributed by atoms with E-state index in [1.165, 1.54) is 16.3 Å². The minimum atomic E-state index is -0.0583. The van der Waals surface area contributed by atoms with Gasteiger partial charge in [-0.1, -0.05) is 71.4 Å². The molecule has 0 aliphatic heterocycles. The third-order valence-electron chi connectivity index (χ3n) is 4.94. The highest BCUT2D eigenvalue weighted by atomic mass is 79.9. The lowest BCUT2D eigenvalue weighted by Crippen LogP contribution is -2.45. The van der Waals surface area contributed by atoms with Crippen LogP contribution in [0.1, 0.15) is 38.3 Å². The number of rotatable bonds is 5. The van der Waals surface area contributed by atoms with Crippen LogP contribution in [0.2, 0.25) is 0 Å². The SMILES string of the molecule is CC[C@]1(N[C@H](C)c2cccc3ccccc23)C=CC(OC)=C(Br)C1.Cl. The molecule has 2 atom stereocenters. The molecule has 1 aliphatic carbocycles. The van der Waals surface area contributed by atoms with Gasteiger partial charge in [-0.25, -0.2) is 0 Å². The molecule has 0 fully saturated rings. The monoisotopic (exact) mass is 421 g/mol. The van der Waals surface area contributed by atoms with Gasteiger partial charge in [-0.05, 0) is 35.8 Å². The van der Waals surface area contributed by atoms with Gasteiger partial charge < -0.3 is 10.1 Å². The zero-order valence-corrected chi connectivity index (χ0v) is 17.3. The summed E-state index contributed by atoms with van der Waals surface area (Å²) in [6, 6.07) is 15.4. The number of allylic oxidation sites excluding steroid dienone is 1. The second-order valence-corrected chi connectivity index (χ2v) is 7.38. The smallest absolute Gasteiger partial charge is 0.128 e. The molecule has 0 saturated heterocycles. The van der Waals surface area contributed by atoms with Gasteiger partial charge in [0.25, 0.3) is 0 Å². The summed E-state index contributed by atoms with van der Waals surface area (Å²) in [4.78, 5) is 0. The lowest BCUT2D eigenvalue weighted by molar-refractivity contribution is 0.286. The molecule has 0 heterocycles. The molecule has 2 aromatic rings. The van der Waals surface area contributed by atoms with E-state index in [1.54, 1.807) is 7.11 Å². The van der Waals surface area contributed by atoms with Gasteiger partial charge in [-0.3, -0.25) is 0 Å².